The van der Waals surface area contributed by atoms with Crippen LogP contribution < -0.4 is 21.3 Å². The molecule has 2 aromatic heterocycles. The second-order valence-electron chi connectivity index (χ2n) is 8.64. The van der Waals surface area contributed by atoms with Crippen molar-refractivity contribution in [2.75, 3.05) is 35.5 Å². The average molecular weight is 557 g/mol. The van der Waals surface area contributed by atoms with E-state index in [2.05, 4.69) is 40.7 Å². The van der Waals surface area contributed by atoms with E-state index >= 15 is 0 Å². The van der Waals surface area contributed by atoms with E-state index in [1.54, 1.807) is 73.7 Å². The van der Waals surface area contributed by atoms with Gasteiger partial charge in [-0.05, 0) is 48.9 Å². The SMILES string of the molecule is COC(=O)Nc1nc2ccccc2n1C(=O)Nc1ccc(C)c(NC(=O)n2c(NC(=O)OC)nc3ccccc32)c1. The Morgan fingerprint density at radius 2 is 1.15 bits per heavy atom. The highest BCUT2D eigenvalue weighted by molar-refractivity contribution is 6.04. The molecule has 4 N–H and O–H groups in total. The van der Waals surface area contributed by atoms with Gasteiger partial charge in [0.05, 0.1) is 36.3 Å². The minimum atomic E-state index is -0.789. The van der Waals surface area contributed by atoms with Gasteiger partial charge >= 0.3 is 24.2 Å². The molecule has 41 heavy (non-hydrogen) atoms. The summed E-state index contributed by atoms with van der Waals surface area (Å²) < 4.78 is 11.7. The Balaban J connectivity index is 1.44. The van der Waals surface area contributed by atoms with Gasteiger partial charge in [0.1, 0.15) is 0 Å². The Morgan fingerprint density at radius 1 is 0.659 bits per heavy atom. The molecule has 14 nitrogen and oxygen atoms in total. The number of imidazole rings is 2. The van der Waals surface area contributed by atoms with Crippen LogP contribution in [0.2, 0.25) is 0 Å². The molecule has 14 heteroatoms. The lowest BCUT2D eigenvalue weighted by Gasteiger charge is -2.14. The number of carbonyl (C=O) groups is 4. The Morgan fingerprint density at radius 3 is 1.66 bits per heavy atom. The third kappa shape index (κ3) is 5.34. The summed E-state index contributed by atoms with van der Waals surface area (Å²) in [6, 6.07) is 17.5. The van der Waals surface area contributed by atoms with Crippen molar-refractivity contribution in [2.24, 2.45) is 0 Å². The first-order valence-corrected chi connectivity index (χ1v) is 12.2. The van der Waals surface area contributed by atoms with E-state index in [1.807, 2.05) is 0 Å². The van der Waals surface area contributed by atoms with Crippen LogP contribution in [-0.4, -0.2) is 57.6 Å². The quantitative estimate of drug-likeness (QED) is 0.234. The van der Waals surface area contributed by atoms with Crippen molar-refractivity contribution < 1.29 is 28.7 Å². The summed E-state index contributed by atoms with van der Waals surface area (Å²) in [4.78, 5) is 59.2. The topological polar surface area (TPSA) is 170 Å². The van der Waals surface area contributed by atoms with Crippen LogP contribution in [0.15, 0.2) is 66.7 Å². The van der Waals surface area contributed by atoms with Gasteiger partial charge in [0.25, 0.3) is 0 Å². The lowest BCUT2D eigenvalue weighted by atomic mass is 10.2. The molecule has 0 spiro atoms. The fourth-order valence-electron chi connectivity index (χ4n) is 4.10. The Kier molecular flexibility index (Phi) is 7.19. The van der Waals surface area contributed by atoms with Gasteiger partial charge in [-0.1, -0.05) is 30.3 Å². The third-order valence-corrected chi connectivity index (χ3v) is 6.06. The fraction of sp³-hybridized carbons (Fsp3) is 0.111. The van der Waals surface area contributed by atoms with Crippen LogP contribution in [0.25, 0.3) is 22.1 Å². The molecule has 4 amide bonds. The highest BCUT2D eigenvalue weighted by atomic mass is 16.5. The number of fused-ring (bicyclic) bond motifs is 2. The summed E-state index contributed by atoms with van der Waals surface area (Å²) in [5.41, 5.74) is 3.31. The van der Waals surface area contributed by atoms with Crippen molar-refractivity contribution >= 4 is 69.6 Å². The number of methoxy groups -OCH3 is 2. The second kappa shape index (κ2) is 11.1. The number of nitrogens with zero attached hydrogens (tertiary/aromatic N) is 4. The highest BCUT2D eigenvalue weighted by Gasteiger charge is 2.21. The number of aromatic nitrogens is 4. The maximum absolute atomic E-state index is 13.4. The first kappa shape index (κ1) is 26.7. The molecule has 0 saturated carbocycles. The molecule has 0 fully saturated rings. The van der Waals surface area contributed by atoms with Crippen molar-refractivity contribution in [3.63, 3.8) is 0 Å². The molecule has 3 aromatic carbocycles. The van der Waals surface area contributed by atoms with Crippen LogP contribution in [0.1, 0.15) is 5.56 Å². The predicted octanol–water partition coefficient (Wildman–Crippen LogP) is 5.21. The molecule has 0 radical (unpaired) electrons. The molecule has 0 aliphatic rings. The summed E-state index contributed by atoms with van der Waals surface area (Å²) in [7, 11) is 2.40. The second-order valence-corrected chi connectivity index (χ2v) is 8.64. The number of anilines is 4. The summed E-state index contributed by atoms with van der Waals surface area (Å²) in [6.07, 6.45) is -1.58. The van der Waals surface area contributed by atoms with Crippen molar-refractivity contribution in [3.05, 3.63) is 72.3 Å². The molecule has 0 unspecified atom stereocenters. The fourth-order valence-corrected chi connectivity index (χ4v) is 4.10. The van der Waals surface area contributed by atoms with Crippen LogP contribution in [0, 0.1) is 6.92 Å². The van der Waals surface area contributed by atoms with Crippen molar-refractivity contribution in [2.45, 2.75) is 6.92 Å². The lowest BCUT2D eigenvalue weighted by molar-refractivity contribution is 0.185. The number of carbonyl (C=O) groups excluding carboxylic acids is 4. The van der Waals surface area contributed by atoms with Gasteiger partial charge < -0.3 is 20.1 Å². The van der Waals surface area contributed by atoms with E-state index in [4.69, 9.17) is 0 Å². The van der Waals surface area contributed by atoms with Crippen LogP contribution in [0.5, 0.6) is 0 Å². The van der Waals surface area contributed by atoms with E-state index in [9.17, 15) is 19.2 Å². The monoisotopic (exact) mass is 556 g/mol. The summed E-state index contributed by atoms with van der Waals surface area (Å²) in [5.74, 6) is -0.0657. The number of rotatable bonds is 4. The Labute approximate surface area is 232 Å². The molecule has 5 rings (SSSR count). The number of benzene rings is 3. The number of hydrogen-bond donors (Lipinski definition) is 4. The van der Waals surface area contributed by atoms with Gasteiger partial charge in [0, 0.05) is 11.4 Å². The zero-order valence-electron chi connectivity index (χ0n) is 22.1. The standard InChI is InChI=1S/C27H24N8O6/c1-15-12-13-16(28-24(36)34-20-10-6-4-8-17(20)29-22(34)32-26(38)40-2)14-19(15)31-25(37)35-21-11-7-5-9-18(21)30-23(35)33-27(39)41-3/h4-14H,1-3H3,(H,28,36)(H,31,37)(H,29,32,38)(H,30,33,39). The predicted molar refractivity (Wildman–Crippen MR) is 152 cm³/mol. The van der Waals surface area contributed by atoms with Gasteiger partial charge in [-0.25, -0.2) is 38.3 Å². The van der Waals surface area contributed by atoms with Gasteiger partial charge in [-0.2, -0.15) is 0 Å². The zero-order chi connectivity index (χ0) is 29.1. The number of hydrogen-bond acceptors (Lipinski definition) is 8. The molecule has 0 atom stereocenters. The number of nitrogens with one attached hydrogen (secondary N) is 4. The first-order valence-electron chi connectivity index (χ1n) is 12.2. The van der Waals surface area contributed by atoms with Crippen molar-refractivity contribution in [1.82, 2.24) is 19.1 Å². The molecule has 208 valence electrons. The Bertz CT molecular complexity index is 1830. The van der Waals surface area contributed by atoms with Crippen LogP contribution in [-0.2, 0) is 9.47 Å². The van der Waals surface area contributed by atoms with Crippen LogP contribution >= 0.6 is 0 Å². The van der Waals surface area contributed by atoms with Gasteiger partial charge in [0.15, 0.2) is 0 Å². The number of para-hydroxylation sites is 4. The number of ether oxygens (including phenoxy) is 2. The Hall–Kier alpha value is -5.92. The summed E-state index contributed by atoms with van der Waals surface area (Å²) in [5, 5.41) is 10.5. The maximum atomic E-state index is 13.4. The molecule has 0 aliphatic heterocycles. The van der Waals surface area contributed by atoms with E-state index in [-0.39, 0.29) is 11.9 Å². The van der Waals surface area contributed by atoms with E-state index < -0.39 is 24.2 Å². The first-order chi connectivity index (χ1) is 19.8. The van der Waals surface area contributed by atoms with Gasteiger partial charge in [0.2, 0.25) is 11.9 Å². The molecule has 0 saturated heterocycles. The third-order valence-electron chi connectivity index (χ3n) is 6.06. The van der Waals surface area contributed by atoms with Crippen molar-refractivity contribution in [1.29, 1.82) is 0 Å². The van der Waals surface area contributed by atoms with E-state index in [1.165, 1.54) is 23.4 Å². The number of aryl methyl sites for hydroxylation is 1. The maximum Gasteiger partial charge on any atom is 0.413 e. The lowest BCUT2D eigenvalue weighted by Crippen LogP contribution is -2.25. The van der Waals surface area contributed by atoms with Crippen LogP contribution in [0.3, 0.4) is 0 Å². The zero-order valence-corrected chi connectivity index (χ0v) is 22.1. The largest absolute Gasteiger partial charge is 0.453 e. The molecular weight excluding hydrogens is 532 g/mol. The minimum absolute atomic E-state index is 0.0321. The summed E-state index contributed by atoms with van der Waals surface area (Å²) >= 11 is 0. The van der Waals surface area contributed by atoms with Crippen LogP contribution in [0.4, 0.5) is 42.4 Å². The van der Waals surface area contributed by atoms with E-state index in [0.717, 1.165) is 0 Å². The smallest absolute Gasteiger partial charge is 0.413 e. The van der Waals surface area contributed by atoms with Gasteiger partial charge in [-0.15, -0.1) is 0 Å². The number of amides is 4. The van der Waals surface area contributed by atoms with E-state index in [0.29, 0.717) is 39.0 Å². The molecule has 0 bridgehead atoms. The highest BCUT2D eigenvalue weighted by Crippen LogP contribution is 2.25. The summed E-state index contributed by atoms with van der Waals surface area (Å²) in [6.45, 7) is 1.78. The molecule has 2 heterocycles. The van der Waals surface area contributed by atoms with Crippen molar-refractivity contribution in [3.8, 4) is 0 Å². The van der Waals surface area contributed by atoms with Gasteiger partial charge in [-0.3, -0.25) is 10.6 Å². The molecular formula is C27H24N8O6. The molecule has 0 aliphatic carbocycles. The molecule has 5 aromatic rings. The average Bonchev–Trinajstić information content (AvgIpc) is 3.52. The normalized spacial score (nSPS) is 10.7. The minimum Gasteiger partial charge on any atom is -0.453 e.